The van der Waals surface area contributed by atoms with Gasteiger partial charge in [-0.15, -0.1) is 0 Å². The van der Waals surface area contributed by atoms with Crippen molar-refractivity contribution in [2.45, 2.75) is 0 Å². The van der Waals surface area contributed by atoms with Crippen LogP contribution < -0.4 is 14.8 Å². The summed E-state index contributed by atoms with van der Waals surface area (Å²) < 4.78 is 10.3. The smallest absolute Gasteiger partial charge is 0.255 e. The molecule has 0 aliphatic carbocycles. The topological polar surface area (TPSA) is 47.6 Å². The fourth-order valence-electron chi connectivity index (χ4n) is 1.69. The minimum Gasteiger partial charge on any atom is -0.497 e. The van der Waals surface area contributed by atoms with Gasteiger partial charge < -0.3 is 14.8 Å². The highest BCUT2D eigenvalue weighted by Crippen LogP contribution is 2.29. The molecular formula is C15H15NO3. The van der Waals surface area contributed by atoms with Crippen LogP contribution in [-0.2, 0) is 0 Å². The lowest BCUT2D eigenvalue weighted by Crippen LogP contribution is -2.12. The fourth-order valence-corrected chi connectivity index (χ4v) is 1.69. The number of nitrogens with one attached hydrogen (secondary N) is 1. The summed E-state index contributed by atoms with van der Waals surface area (Å²) in [5, 5.41) is 2.81. The van der Waals surface area contributed by atoms with Crippen LogP contribution in [0.25, 0.3) is 0 Å². The molecule has 19 heavy (non-hydrogen) atoms. The summed E-state index contributed by atoms with van der Waals surface area (Å²) in [4.78, 5) is 12.0. The van der Waals surface area contributed by atoms with Gasteiger partial charge >= 0.3 is 0 Å². The number of ether oxygens (including phenoxy) is 2. The Bertz CT molecular complexity index is 567. The number of carbonyl (C=O) groups is 1. The maximum Gasteiger partial charge on any atom is 0.255 e. The van der Waals surface area contributed by atoms with Gasteiger partial charge in [0.05, 0.1) is 19.9 Å². The third kappa shape index (κ3) is 3.04. The van der Waals surface area contributed by atoms with Crippen LogP contribution in [-0.4, -0.2) is 20.1 Å². The average molecular weight is 257 g/mol. The molecule has 2 rings (SSSR count). The van der Waals surface area contributed by atoms with E-state index >= 15 is 0 Å². The Balaban J connectivity index is 2.21. The first-order valence-electron chi connectivity index (χ1n) is 5.83. The van der Waals surface area contributed by atoms with Crippen molar-refractivity contribution < 1.29 is 14.3 Å². The zero-order valence-corrected chi connectivity index (χ0v) is 10.8. The summed E-state index contributed by atoms with van der Waals surface area (Å²) in [5.74, 6) is 1.06. The SMILES string of the molecule is COc1ccc(NC(=O)c2ccccc2)c(OC)c1. The van der Waals surface area contributed by atoms with Crippen molar-refractivity contribution in [2.24, 2.45) is 0 Å². The normalized spacial score (nSPS) is 9.79. The quantitative estimate of drug-likeness (QED) is 0.916. The number of methoxy groups -OCH3 is 2. The molecule has 1 amide bonds. The maximum absolute atomic E-state index is 12.0. The lowest BCUT2D eigenvalue weighted by Gasteiger charge is -2.11. The fraction of sp³-hybridized carbons (Fsp3) is 0.133. The van der Waals surface area contributed by atoms with E-state index in [2.05, 4.69) is 5.32 Å². The summed E-state index contributed by atoms with van der Waals surface area (Å²) in [5.41, 5.74) is 1.21. The Hall–Kier alpha value is -2.49. The van der Waals surface area contributed by atoms with Crippen LogP contribution in [0.2, 0.25) is 0 Å². The highest BCUT2D eigenvalue weighted by molar-refractivity contribution is 6.05. The third-order valence-corrected chi connectivity index (χ3v) is 2.69. The molecule has 0 aromatic heterocycles. The van der Waals surface area contributed by atoms with E-state index in [0.717, 1.165) is 0 Å². The van der Waals surface area contributed by atoms with Crippen molar-refractivity contribution in [3.05, 3.63) is 54.1 Å². The number of rotatable bonds is 4. The molecule has 0 saturated heterocycles. The summed E-state index contributed by atoms with van der Waals surface area (Å²) >= 11 is 0. The first kappa shape index (κ1) is 13.0. The van der Waals surface area contributed by atoms with Gasteiger partial charge in [0.15, 0.2) is 0 Å². The summed E-state index contributed by atoms with van der Waals surface area (Å²) in [6.07, 6.45) is 0. The van der Waals surface area contributed by atoms with Gasteiger partial charge in [-0.2, -0.15) is 0 Å². The second kappa shape index (κ2) is 5.91. The zero-order valence-electron chi connectivity index (χ0n) is 10.8. The minimum absolute atomic E-state index is 0.177. The lowest BCUT2D eigenvalue weighted by molar-refractivity contribution is 0.102. The van der Waals surface area contributed by atoms with Gasteiger partial charge in [0.25, 0.3) is 5.91 Å². The summed E-state index contributed by atoms with van der Waals surface area (Å²) in [6, 6.07) is 14.3. The molecule has 0 aliphatic heterocycles. The monoisotopic (exact) mass is 257 g/mol. The van der Waals surface area contributed by atoms with E-state index < -0.39 is 0 Å². The van der Waals surface area contributed by atoms with Crippen molar-refractivity contribution >= 4 is 11.6 Å². The largest absolute Gasteiger partial charge is 0.497 e. The number of benzene rings is 2. The van der Waals surface area contributed by atoms with E-state index in [1.807, 2.05) is 18.2 Å². The summed E-state index contributed by atoms with van der Waals surface area (Å²) in [6.45, 7) is 0. The van der Waals surface area contributed by atoms with Gasteiger partial charge in [0.1, 0.15) is 11.5 Å². The third-order valence-electron chi connectivity index (χ3n) is 2.69. The molecule has 4 heteroatoms. The maximum atomic E-state index is 12.0. The highest BCUT2D eigenvalue weighted by atomic mass is 16.5. The van der Waals surface area contributed by atoms with E-state index in [0.29, 0.717) is 22.7 Å². The Morgan fingerprint density at radius 3 is 2.37 bits per heavy atom. The van der Waals surface area contributed by atoms with Crippen LogP contribution in [0, 0.1) is 0 Å². The van der Waals surface area contributed by atoms with Crippen molar-refractivity contribution in [1.29, 1.82) is 0 Å². The van der Waals surface area contributed by atoms with Gasteiger partial charge in [-0.1, -0.05) is 18.2 Å². The van der Waals surface area contributed by atoms with Crippen LogP contribution in [0.1, 0.15) is 10.4 Å². The van der Waals surface area contributed by atoms with E-state index in [-0.39, 0.29) is 5.91 Å². The molecule has 0 aliphatic rings. The second-order valence-corrected chi connectivity index (χ2v) is 3.89. The Morgan fingerprint density at radius 1 is 1.00 bits per heavy atom. The molecular weight excluding hydrogens is 242 g/mol. The molecule has 98 valence electrons. The highest BCUT2D eigenvalue weighted by Gasteiger charge is 2.10. The first-order chi connectivity index (χ1) is 9.24. The second-order valence-electron chi connectivity index (χ2n) is 3.89. The van der Waals surface area contributed by atoms with Crippen molar-refractivity contribution in [1.82, 2.24) is 0 Å². The molecule has 2 aromatic rings. The number of hydrogen-bond acceptors (Lipinski definition) is 3. The molecule has 0 spiro atoms. The predicted octanol–water partition coefficient (Wildman–Crippen LogP) is 2.96. The van der Waals surface area contributed by atoms with E-state index in [4.69, 9.17) is 9.47 Å². The molecule has 0 bridgehead atoms. The van der Waals surface area contributed by atoms with Crippen molar-refractivity contribution in [2.75, 3.05) is 19.5 Å². The minimum atomic E-state index is -0.177. The molecule has 0 radical (unpaired) electrons. The molecule has 0 fully saturated rings. The molecule has 0 saturated carbocycles. The average Bonchev–Trinajstić information content (AvgIpc) is 2.48. The predicted molar refractivity (Wildman–Crippen MR) is 73.9 cm³/mol. The van der Waals surface area contributed by atoms with Crippen LogP contribution in [0.5, 0.6) is 11.5 Å². The molecule has 2 aromatic carbocycles. The van der Waals surface area contributed by atoms with Crippen LogP contribution in [0.3, 0.4) is 0 Å². The van der Waals surface area contributed by atoms with E-state index in [1.165, 1.54) is 0 Å². The van der Waals surface area contributed by atoms with Gasteiger partial charge in [-0.3, -0.25) is 4.79 Å². The van der Waals surface area contributed by atoms with Crippen molar-refractivity contribution in [3.63, 3.8) is 0 Å². The number of carbonyl (C=O) groups excluding carboxylic acids is 1. The standard InChI is InChI=1S/C15H15NO3/c1-18-12-8-9-13(14(10-12)19-2)16-15(17)11-6-4-3-5-7-11/h3-10H,1-2H3,(H,16,17). The Labute approximate surface area is 112 Å². The van der Waals surface area contributed by atoms with Crippen molar-refractivity contribution in [3.8, 4) is 11.5 Å². The molecule has 0 heterocycles. The van der Waals surface area contributed by atoms with Crippen LogP contribution in [0.15, 0.2) is 48.5 Å². The number of hydrogen-bond donors (Lipinski definition) is 1. The lowest BCUT2D eigenvalue weighted by atomic mass is 10.2. The van der Waals surface area contributed by atoms with Gasteiger partial charge in [-0.05, 0) is 24.3 Å². The number of anilines is 1. The van der Waals surface area contributed by atoms with Gasteiger partial charge in [0, 0.05) is 11.6 Å². The van der Waals surface area contributed by atoms with E-state index in [9.17, 15) is 4.79 Å². The molecule has 0 unspecified atom stereocenters. The summed E-state index contributed by atoms with van der Waals surface area (Å²) in [7, 11) is 3.13. The van der Waals surface area contributed by atoms with Crippen LogP contribution >= 0.6 is 0 Å². The Kier molecular flexibility index (Phi) is 4.03. The van der Waals surface area contributed by atoms with Crippen LogP contribution in [0.4, 0.5) is 5.69 Å². The number of amides is 1. The first-order valence-corrected chi connectivity index (χ1v) is 5.83. The Morgan fingerprint density at radius 2 is 1.74 bits per heavy atom. The molecule has 4 nitrogen and oxygen atoms in total. The van der Waals surface area contributed by atoms with E-state index in [1.54, 1.807) is 44.6 Å². The van der Waals surface area contributed by atoms with Gasteiger partial charge in [0.2, 0.25) is 0 Å². The zero-order chi connectivity index (χ0) is 13.7. The van der Waals surface area contributed by atoms with Gasteiger partial charge in [-0.25, -0.2) is 0 Å². The molecule has 1 N–H and O–H groups in total. The molecule has 0 atom stereocenters.